The molecule has 0 saturated carbocycles. The first-order valence-electron chi connectivity index (χ1n) is 7.12. The highest BCUT2D eigenvalue weighted by Gasteiger charge is 2.16. The largest absolute Gasteiger partial charge is 0.493 e. The summed E-state index contributed by atoms with van der Waals surface area (Å²) in [4.78, 5) is 0. The molecule has 0 amide bonds. The van der Waals surface area contributed by atoms with Gasteiger partial charge in [0, 0.05) is 12.5 Å². The van der Waals surface area contributed by atoms with Crippen LogP contribution in [0, 0.1) is 0 Å². The summed E-state index contributed by atoms with van der Waals surface area (Å²) in [6.45, 7) is 0.795. The van der Waals surface area contributed by atoms with Crippen LogP contribution >= 0.6 is 0 Å². The number of rotatable bonds is 5. The summed E-state index contributed by atoms with van der Waals surface area (Å²) < 4.78 is 5.54. The molecule has 0 aliphatic carbocycles. The second-order valence-electron chi connectivity index (χ2n) is 5.21. The first-order valence-corrected chi connectivity index (χ1v) is 7.12. The van der Waals surface area contributed by atoms with Gasteiger partial charge in [-0.1, -0.05) is 42.5 Å². The van der Waals surface area contributed by atoms with Crippen LogP contribution in [-0.4, -0.2) is 6.61 Å². The molecule has 2 aromatic rings. The molecule has 0 radical (unpaired) electrons. The van der Waals surface area contributed by atoms with Crippen molar-refractivity contribution in [3.05, 3.63) is 65.2 Å². The molecule has 104 valence electrons. The summed E-state index contributed by atoms with van der Waals surface area (Å²) in [5.74, 6) is 6.75. The number of nitrogens with one attached hydrogen (secondary N) is 1. The first kappa shape index (κ1) is 13.2. The second kappa shape index (κ2) is 6.07. The third-order valence-electron chi connectivity index (χ3n) is 3.88. The first-order chi connectivity index (χ1) is 9.86. The van der Waals surface area contributed by atoms with Crippen molar-refractivity contribution in [2.24, 2.45) is 5.84 Å². The topological polar surface area (TPSA) is 47.3 Å². The van der Waals surface area contributed by atoms with Crippen LogP contribution in [0.3, 0.4) is 0 Å². The van der Waals surface area contributed by atoms with E-state index in [0.29, 0.717) is 0 Å². The van der Waals surface area contributed by atoms with Gasteiger partial charge in [-0.25, -0.2) is 0 Å². The lowest BCUT2D eigenvalue weighted by Gasteiger charge is -2.17. The second-order valence-corrected chi connectivity index (χ2v) is 5.21. The Morgan fingerprint density at radius 3 is 2.80 bits per heavy atom. The van der Waals surface area contributed by atoms with Gasteiger partial charge in [-0.2, -0.15) is 0 Å². The molecule has 1 atom stereocenters. The van der Waals surface area contributed by atoms with Gasteiger partial charge in [0.1, 0.15) is 5.75 Å². The van der Waals surface area contributed by atoms with Crippen LogP contribution in [0.4, 0.5) is 0 Å². The van der Waals surface area contributed by atoms with E-state index in [-0.39, 0.29) is 6.04 Å². The van der Waals surface area contributed by atoms with Gasteiger partial charge >= 0.3 is 0 Å². The summed E-state index contributed by atoms with van der Waals surface area (Å²) in [5, 5.41) is 0. The Morgan fingerprint density at radius 1 is 1.15 bits per heavy atom. The Balaban J connectivity index is 1.70. The fourth-order valence-electron chi connectivity index (χ4n) is 2.73. The minimum atomic E-state index is 0.182. The Morgan fingerprint density at radius 2 is 2.00 bits per heavy atom. The summed E-state index contributed by atoms with van der Waals surface area (Å²) in [6.07, 6.45) is 3.00. The molecule has 3 nitrogen and oxygen atoms in total. The summed E-state index contributed by atoms with van der Waals surface area (Å²) in [6, 6.07) is 17.1. The maximum absolute atomic E-state index is 5.73. The smallest absolute Gasteiger partial charge is 0.122 e. The zero-order valence-electron chi connectivity index (χ0n) is 11.5. The fraction of sp³-hybridized carbons (Fsp3) is 0.294. The third-order valence-corrected chi connectivity index (χ3v) is 3.88. The maximum atomic E-state index is 5.73. The summed E-state index contributed by atoms with van der Waals surface area (Å²) in [5.41, 5.74) is 6.82. The van der Waals surface area contributed by atoms with Gasteiger partial charge in [0.25, 0.3) is 0 Å². The Kier molecular flexibility index (Phi) is 4.00. The number of benzene rings is 2. The molecule has 1 unspecified atom stereocenters. The number of hydrogen-bond donors (Lipinski definition) is 2. The van der Waals surface area contributed by atoms with Gasteiger partial charge in [0.2, 0.25) is 0 Å². The zero-order chi connectivity index (χ0) is 13.8. The van der Waals surface area contributed by atoms with Gasteiger partial charge in [-0.15, -0.1) is 0 Å². The van der Waals surface area contributed by atoms with Crippen molar-refractivity contribution < 1.29 is 4.74 Å². The van der Waals surface area contributed by atoms with Crippen molar-refractivity contribution >= 4 is 0 Å². The normalized spacial score (nSPS) is 14.7. The highest BCUT2D eigenvalue weighted by atomic mass is 16.5. The van der Waals surface area contributed by atoms with Crippen LogP contribution in [0.25, 0.3) is 0 Å². The number of fused-ring (bicyclic) bond motifs is 1. The average Bonchev–Trinajstić information content (AvgIpc) is 2.96. The van der Waals surface area contributed by atoms with Gasteiger partial charge in [-0.05, 0) is 35.6 Å². The predicted octanol–water partition coefficient (Wildman–Crippen LogP) is 2.76. The molecule has 3 rings (SSSR count). The summed E-state index contributed by atoms with van der Waals surface area (Å²) >= 11 is 0. The lowest BCUT2D eigenvalue weighted by molar-refractivity contribution is 0.356. The number of hydrogen-bond acceptors (Lipinski definition) is 3. The Hall–Kier alpha value is -1.84. The van der Waals surface area contributed by atoms with Gasteiger partial charge < -0.3 is 4.74 Å². The number of aryl methyl sites for hydroxylation is 1. The van der Waals surface area contributed by atoms with Crippen molar-refractivity contribution in [2.45, 2.75) is 25.3 Å². The van der Waals surface area contributed by atoms with Crippen LogP contribution < -0.4 is 16.0 Å². The maximum Gasteiger partial charge on any atom is 0.122 e. The van der Waals surface area contributed by atoms with Crippen molar-refractivity contribution in [3.8, 4) is 5.75 Å². The van der Waals surface area contributed by atoms with E-state index in [1.807, 2.05) is 6.07 Å². The Labute approximate surface area is 119 Å². The van der Waals surface area contributed by atoms with Crippen molar-refractivity contribution in [1.82, 2.24) is 5.43 Å². The third kappa shape index (κ3) is 2.84. The Bertz CT molecular complexity index is 568. The average molecular weight is 268 g/mol. The van der Waals surface area contributed by atoms with E-state index in [1.165, 1.54) is 16.7 Å². The van der Waals surface area contributed by atoms with Gasteiger partial charge in [-0.3, -0.25) is 11.3 Å². The fourth-order valence-corrected chi connectivity index (χ4v) is 2.73. The lowest BCUT2D eigenvalue weighted by atomic mass is 9.97. The van der Waals surface area contributed by atoms with E-state index in [1.54, 1.807) is 0 Å². The number of nitrogens with two attached hydrogens (primary N) is 1. The van der Waals surface area contributed by atoms with E-state index < -0.39 is 0 Å². The van der Waals surface area contributed by atoms with Gasteiger partial charge in [0.15, 0.2) is 0 Å². The van der Waals surface area contributed by atoms with Crippen molar-refractivity contribution in [1.29, 1.82) is 0 Å². The molecular weight excluding hydrogens is 248 g/mol. The molecule has 1 aliphatic heterocycles. The molecule has 3 N–H and O–H groups in total. The minimum Gasteiger partial charge on any atom is -0.493 e. The van der Waals surface area contributed by atoms with Crippen LogP contribution in [0.2, 0.25) is 0 Å². The molecule has 0 spiro atoms. The quantitative estimate of drug-likeness (QED) is 0.647. The molecule has 0 saturated heterocycles. The molecule has 0 aromatic heterocycles. The van der Waals surface area contributed by atoms with Gasteiger partial charge in [0.05, 0.1) is 6.61 Å². The zero-order valence-corrected chi connectivity index (χ0v) is 11.5. The lowest BCUT2D eigenvalue weighted by Crippen LogP contribution is -2.28. The van der Waals surface area contributed by atoms with E-state index in [4.69, 9.17) is 10.6 Å². The van der Waals surface area contributed by atoms with Crippen molar-refractivity contribution in [3.63, 3.8) is 0 Å². The van der Waals surface area contributed by atoms with E-state index in [2.05, 4.69) is 47.9 Å². The molecule has 1 heterocycles. The molecule has 3 heteroatoms. The molecule has 2 aromatic carbocycles. The van der Waals surface area contributed by atoms with Crippen molar-refractivity contribution in [2.75, 3.05) is 6.61 Å². The number of ether oxygens (including phenoxy) is 1. The van der Waals surface area contributed by atoms with Crippen LogP contribution in [-0.2, 0) is 12.8 Å². The van der Waals surface area contributed by atoms with E-state index in [9.17, 15) is 0 Å². The van der Waals surface area contributed by atoms with Crippen LogP contribution in [0.5, 0.6) is 5.75 Å². The molecule has 0 bridgehead atoms. The van der Waals surface area contributed by atoms with E-state index >= 15 is 0 Å². The standard InChI is InChI=1S/C17H20N2O/c18-19-16(8-6-13-4-2-1-3-5-13)14-7-9-17-15(12-14)10-11-20-17/h1-5,7,9,12,16,19H,6,8,10-11,18H2. The minimum absolute atomic E-state index is 0.182. The SMILES string of the molecule is NNC(CCc1ccccc1)c1ccc2c(c1)CCO2. The monoisotopic (exact) mass is 268 g/mol. The summed E-state index contributed by atoms with van der Waals surface area (Å²) in [7, 11) is 0. The number of hydrazine groups is 1. The van der Waals surface area contributed by atoms with E-state index in [0.717, 1.165) is 31.6 Å². The molecule has 1 aliphatic rings. The molecule has 0 fully saturated rings. The van der Waals surface area contributed by atoms with Crippen LogP contribution in [0.15, 0.2) is 48.5 Å². The van der Waals surface area contributed by atoms with Crippen LogP contribution in [0.1, 0.15) is 29.2 Å². The predicted molar refractivity (Wildman–Crippen MR) is 80.5 cm³/mol. The highest BCUT2D eigenvalue weighted by Crippen LogP contribution is 2.29. The molecular formula is C17H20N2O. The highest BCUT2D eigenvalue weighted by molar-refractivity contribution is 5.40. The molecule has 20 heavy (non-hydrogen) atoms.